The maximum Gasteiger partial charge on any atom is 0.276 e. The van der Waals surface area contributed by atoms with Crippen LogP contribution in [0.2, 0.25) is 0 Å². The van der Waals surface area contributed by atoms with Gasteiger partial charge in [-0.15, -0.1) is 11.3 Å². The summed E-state index contributed by atoms with van der Waals surface area (Å²) in [6.07, 6.45) is 3.50. The van der Waals surface area contributed by atoms with Gasteiger partial charge in [0, 0.05) is 35.1 Å². The van der Waals surface area contributed by atoms with E-state index in [1.807, 2.05) is 29.7 Å². The van der Waals surface area contributed by atoms with Gasteiger partial charge in [0.25, 0.3) is 5.91 Å². The van der Waals surface area contributed by atoms with Crippen LogP contribution < -0.4 is 5.32 Å². The SMILES string of the molecule is CCc1nc2ccc(Br)cn2c1C(=O)Nc1nc2c(s1)CN(C)CC2. The molecule has 6 nitrogen and oxygen atoms in total. The fourth-order valence-electron chi connectivity index (χ4n) is 3.09. The Balaban J connectivity index is 1.67. The molecule has 1 amide bonds. The van der Waals surface area contributed by atoms with Crippen molar-refractivity contribution in [3.63, 3.8) is 0 Å². The molecule has 0 fully saturated rings. The second kappa shape index (κ2) is 6.51. The molecule has 3 aromatic heterocycles. The highest BCUT2D eigenvalue weighted by molar-refractivity contribution is 9.10. The quantitative estimate of drug-likeness (QED) is 0.706. The summed E-state index contributed by atoms with van der Waals surface area (Å²) in [4.78, 5) is 25.6. The molecule has 0 unspecified atom stereocenters. The van der Waals surface area contributed by atoms with Gasteiger partial charge in [-0.25, -0.2) is 9.97 Å². The number of thiazole rings is 1. The van der Waals surface area contributed by atoms with Gasteiger partial charge in [0.1, 0.15) is 11.3 Å². The molecule has 0 atom stereocenters. The Kier molecular flexibility index (Phi) is 4.35. The summed E-state index contributed by atoms with van der Waals surface area (Å²) >= 11 is 5.03. The number of aryl methyl sites for hydroxylation is 1. The van der Waals surface area contributed by atoms with Crippen molar-refractivity contribution in [2.24, 2.45) is 0 Å². The zero-order valence-corrected chi connectivity index (χ0v) is 16.4. The molecule has 0 saturated heterocycles. The summed E-state index contributed by atoms with van der Waals surface area (Å²) in [5.41, 5.74) is 3.24. The first-order valence-electron chi connectivity index (χ1n) is 8.20. The minimum atomic E-state index is -0.165. The highest BCUT2D eigenvalue weighted by Crippen LogP contribution is 2.28. The number of hydrogen-bond acceptors (Lipinski definition) is 5. The van der Waals surface area contributed by atoms with E-state index < -0.39 is 0 Å². The summed E-state index contributed by atoms with van der Waals surface area (Å²) in [6, 6.07) is 3.83. The maximum absolute atomic E-state index is 12.9. The van der Waals surface area contributed by atoms with E-state index in [0.717, 1.165) is 41.0 Å². The van der Waals surface area contributed by atoms with Gasteiger partial charge >= 0.3 is 0 Å². The van der Waals surface area contributed by atoms with E-state index in [4.69, 9.17) is 0 Å². The largest absolute Gasteiger partial charge is 0.301 e. The zero-order valence-electron chi connectivity index (χ0n) is 14.0. The van der Waals surface area contributed by atoms with Gasteiger partial charge in [-0.3, -0.25) is 14.5 Å². The first-order chi connectivity index (χ1) is 12.0. The lowest BCUT2D eigenvalue weighted by Crippen LogP contribution is -2.25. The number of halogens is 1. The smallest absolute Gasteiger partial charge is 0.276 e. The van der Waals surface area contributed by atoms with Crippen molar-refractivity contribution < 1.29 is 4.79 Å². The van der Waals surface area contributed by atoms with Crippen LogP contribution in [-0.2, 0) is 19.4 Å². The van der Waals surface area contributed by atoms with Gasteiger partial charge in [0.2, 0.25) is 0 Å². The fraction of sp³-hybridized carbons (Fsp3) is 0.353. The van der Waals surface area contributed by atoms with Crippen molar-refractivity contribution in [3.8, 4) is 0 Å². The van der Waals surface area contributed by atoms with E-state index in [2.05, 4.69) is 43.2 Å². The van der Waals surface area contributed by atoms with Crippen LogP contribution in [-0.4, -0.2) is 38.8 Å². The van der Waals surface area contributed by atoms with Crippen LogP contribution in [0.25, 0.3) is 5.65 Å². The molecule has 8 heteroatoms. The average molecular weight is 420 g/mol. The van der Waals surface area contributed by atoms with Crippen LogP contribution in [0.15, 0.2) is 22.8 Å². The number of nitrogens with zero attached hydrogens (tertiary/aromatic N) is 4. The third-order valence-electron chi connectivity index (χ3n) is 4.35. The first kappa shape index (κ1) is 16.7. The Morgan fingerprint density at radius 3 is 3.04 bits per heavy atom. The molecule has 1 aliphatic rings. The van der Waals surface area contributed by atoms with Crippen molar-refractivity contribution in [3.05, 3.63) is 44.8 Å². The number of imidazole rings is 1. The number of likely N-dealkylation sites (N-methyl/N-ethyl adjacent to an activating group) is 1. The fourth-order valence-corrected chi connectivity index (χ4v) is 4.51. The molecule has 0 bridgehead atoms. The normalized spacial score (nSPS) is 14.7. The molecule has 1 N–H and O–H groups in total. The summed E-state index contributed by atoms with van der Waals surface area (Å²) < 4.78 is 2.74. The van der Waals surface area contributed by atoms with Crippen molar-refractivity contribution >= 4 is 44.0 Å². The number of nitrogens with one attached hydrogen (secondary N) is 1. The number of hydrogen-bond donors (Lipinski definition) is 1. The van der Waals surface area contributed by atoms with Crippen LogP contribution >= 0.6 is 27.3 Å². The number of carbonyl (C=O) groups excluding carboxylic acids is 1. The van der Waals surface area contributed by atoms with Crippen LogP contribution in [0, 0.1) is 0 Å². The predicted molar refractivity (Wildman–Crippen MR) is 102 cm³/mol. The van der Waals surface area contributed by atoms with E-state index in [9.17, 15) is 4.79 Å². The second-order valence-corrected chi connectivity index (χ2v) is 8.17. The number of fused-ring (bicyclic) bond motifs is 2. The maximum atomic E-state index is 12.9. The molecule has 3 aromatic rings. The second-order valence-electron chi connectivity index (χ2n) is 6.17. The molecule has 4 rings (SSSR count). The third kappa shape index (κ3) is 3.09. The molecular formula is C17H18BrN5OS. The topological polar surface area (TPSA) is 62.5 Å². The minimum absolute atomic E-state index is 0.165. The number of pyridine rings is 1. The van der Waals surface area contributed by atoms with Gasteiger partial charge in [0.15, 0.2) is 5.13 Å². The molecule has 0 aliphatic carbocycles. The lowest BCUT2D eigenvalue weighted by atomic mass is 10.2. The molecule has 0 radical (unpaired) electrons. The van der Waals surface area contributed by atoms with Crippen LogP contribution in [0.3, 0.4) is 0 Å². The molecule has 0 saturated carbocycles. The molecule has 0 aromatic carbocycles. The monoisotopic (exact) mass is 419 g/mol. The van der Waals surface area contributed by atoms with Gasteiger partial charge in [0.05, 0.1) is 11.4 Å². The zero-order chi connectivity index (χ0) is 17.6. The van der Waals surface area contributed by atoms with Gasteiger partial charge in [-0.2, -0.15) is 0 Å². The Hall–Kier alpha value is -1.77. The van der Waals surface area contributed by atoms with E-state index >= 15 is 0 Å². The highest BCUT2D eigenvalue weighted by atomic mass is 79.9. The Bertz CT molecular complexity index is 964. The van der Waals surface area contributed by atoms with E-state index in [1.54, 1.807) is 11.3 Å². The Morgan fingerprint density at radius 2 is 2.24 bits per heavy atom. The standard InChI is InChI=1S/C17H18BrN5OS/c1-3-11-15(23-8-10(18)4-5-14(23)19-11)16(24)21-17-20-12-6-7-22(2)9-13(12)25-17/h4-5,8H,3,6-7,9H2,1-2H3,(H,20,21,24). The number of amides is 1. The van der Waals surface area contributed by atoms with Crippen LogP contribution in [0.4, 0.5) is 5.13 Å². The van der Waals surface area contributed by atoms with E-state index in [1.165, 1.54) is 4.88 Å². The van der Waals surface area contributed by atoms with Crippen molar-refractivity contribution in [1.29, 1.82) is 0 Å². The molecule has 1 aliphatic heterocycles. The Morgan fingerprint density at radius 1 is 1.40 bits per heavy atom. The van der Waals surface area contributed by atoms with Gasteiger partial charge in [-0.1, -0.05) is 6.92 Å². The third-order valence-corrected chi connectivity index (χ3v) is 5.81. The molecular weight excluding hydrogens is 402 g/mol. The van der Waals surface area contributed by atoms with Crippen molar-refractivity contribution in [1.82, 2.24) is 19.3 Å². The molecule has 4 heterocycles. The number of carbonyl (C=O) groups is 1. The molecule has 130 valence electrons. The summed E-state index contributed by atoms with van der Waals surface area (Å²) in [5.74, 6) is -0.165. The van der Waals surface area contributed by atoms with E-state index in [0.29, 0.717) is 17.2 Å². The lowest BCUT2D eigenvalue weighted by Gasteiger charge is -2.20. The summed E-state index contributed by atoms with van der Waals surface area (Å²) in [5, 5.41) is 3.64. The average Bonchev–Trinajstić information content (AvgIpc) is 3.13. The number of anilines is 1. The van der Waals surface area contributed by atoms with Gasteiger partial charge < -0.3 is 4.90 Å². The highest BCUT2D eigenvalue weighted by Gasteiger charge is 2.22. The molecule has 25 heavy (non-hydrogen) atoms. The van der Waals surface area contributed by atoms with Crippen molar-refractivity contribution in [2.75, 3.05) is 18.9 Å². The predicted octanol–water partition coefficient (Wildman–Crippen LogP) is 3.36. The minimum Gasteiger partial charge on any atom is -0.301 e. The van der Waals surface area contributed by atoms with Crippen molar-refractivity contribution in [2.45, 2.75) is 26.3 Å². The van der Waals surface area contributed by atoms with Crippen LogP contribution in [0.1, 0.15) is 33.7 Å². The number of rotatable bonds is 3. The van der Waals surface area contributed by atoms with Crippen LogP contribution in [0.5, 0.6) is 0 Å². The Labute approximate surface area is 158 Å². The first-order valence-corrected chi connectivity index (χ1v) is 9.81. The number of aromatic nitrogens is 3. The lowest BCUT2D eigenvalue weighted by molar-refractivity contribution is 0.102. The van der Waals surface area contributed by atoms with E-state index in [-0.39, 0.29) is 5.91 Å². The summed E-state index contributed by atoms with van der Waals surface area (Å²) in [7, 11) is 2.10. The summed E-state index contributed by atoms with van der Waals surface area (Å²) in [6.45, 7) is 3.91. The molecule has 0 spiro atoms. The van der Waals surface area contributed by atoms with Gasteiger partial charge in [-0.05, 0) is 41.5 Å².